The molecular weight excluding hydrogens is 270 g/mol. The van der Waals surface area contributed by atoms with Gasteiger partial charge in [-0.2, -0.15) is 0 Å². The average Bonchev–Trinajstić information content (AvgIpc) is 2.48. The molecular formula is C19H25N3. The summed E-state index contributed by atoms with van der Waals surface area (Å²) in [6.45, 7) is 16.8. The number of allylic oxidation sites excluding steroid dienone is 9. The molecule has 0 aromatic rings. The van der Waals surface area contributed by atoms with Crippen molar-refractivity contribution in [3.63, 3.8) is 0 Å². The van der Waals surface area contributed by atoms with E-state index in [2.05, 4.69) is 35.0 Å². The van der Waals surface area contributed by atoms with Crippen LogP contribution in [0.5, 0.6) is 0 Å². The molecule has 3 nitrogen and oxygen atoms in total. The van der Waals surface area contributed by atoms with Gasteiger partial charge in [-0.15, -0.1) is 0 Å². The third-order valence-corrected chi connectivity index (χ3v) is 2.53. The van der Waals surface area contributed by atoms with Crippen LogP contribution in [-0.2, 0) is 0 Å². The van der Waals surface area contributed by atoms with E-state index in [-0.39, 0.29) is 0 Å². The second kappa shape index (κ2) is 12.1. The van der Waals surface area contributed by atoms with Crippen molar-refractivity contribution >= 4 is 11.7 Å². The molecule has 0 radical (unpaired) electrons. The molecule has 0 rings (SSSR count). The van der Waals surface area contributed by atoms with E-state index in [0.717, 1.165) is 17.0 Å². The van der Waals surface area contributed by atoms with Gasteiger partial charge in [-0.25, -0.2) is 9.98 Å². The van der Waals surface area contributed by atoms with Crippen molar-refractivity contribution in [2.75, 3.05) is 0 Å². The molecule has 0 fully saturated rings. The zero-order chi connectivity index (χ0) is 16.8. The second-order valence-corrected chi connectivity index (χ2v) is 4.15. The van der Waals surface area contributed by atoms with Crippen LogP contribution in [0.15, 0.2) is 95.8 Å². The molecule has 0 aliphatic carbocycles. The molecule has 0 atom stereocenters. The fraction of sp³-hybridized carbons (Fsp3) is 0.158. The standard InChI is InChI=1S/C19H25N3/c1-7-12-15-17(10-4)16(6)21-19(20-11-5)22-18(13-8-2)14-9-3/h7-15H,1-2,5H2,3-4,6H3,(H,20,22)/b14-9-,15-12-,17-10+,18-13+,21-16+. The first-order valence-electron chi connectivity index (χ1n) is 7.05. The number of hydrogen-bond acceptors (Lipinski definition) is 1. The topological polar surface area (TPSA) is 36.8 Å². The molecule has 0 heterocycles. The molecule has 0 aromatic heterocycles. The highest BCUT2D eigenvalue weighted by atomic mass is 15.1. The van der Waals surface area contributed by atoms with Crippen LogP contribution in [0.1, 0.15) is 20.8 Å². The summed E-state index contributed by atoms with van der Waals surface area (Å²) in [4.78, 5) is 8.68. The zero-order valence-corrected chi connectivity index (χ0v) is 13.7. The summed E-state index contributed by atoms with van der Waals surface area (Å²) in [7, 11) is 0. The highest BCUT2D eigenvalue weighted by Gasteiger charge is 2.01. The molecule has 0 bridgehead atoms. The van der Waals surface area contributed by atoms with Crippen molar-refractivity contribution in [3.05, 3.63) is 85.8 Å². The maximum Gasteiger partial charge on any atom is 0.227 e. The van der Waals surface area contributed by atoms with E-state index in [4.69, 9.17) is 0 Å². The quantitative estimate of drug-likeness (QED) is 0.406. The first-order valence-corrected chi connectivity index (χ1v) is 7.05. The molecule has 3 heteroatoms. The van der Waals surface area contributed by atoms with E-state index in [1.807, 2.05) is 57.2 Å². The maximum absolute atomic E-state index is 4.52. The molecule has 0 aliphatic rings. The van der Waals surface area contributed by atoms with Crippen LogP contribution in [0.4, 0.5) is 0 Å². The Hall–Kier alpha value is -2.68. The Morgan fingerprint density at radius 1 is 1.05 bits per heavy atom. The van der Waals surface area contributed by atoms with Crippen LogP contribution in [0.25, 0.3) is 0 Å². The number of aliphatic imine (C=N–C) groups is 2. The third kappa shape index (κ3) is 7.80. The summed E-state index contributed by atoms with van der Waals surface area (Å²) in [5.41, 5.74) is 2.68. The zero-order valence-electron chi connectivity index (χ0n) is 13.7. The highest BCUT2D eigenvalue weighted by Crippen LogP contribution is 2.03. The lowest BCUT2D eigenvalue weighted by molar-refractivity contribution is 1.14. The second-order valence-electron chi connectivity index (χ2n) is 4.15. The molecule has 1 N–H and O–H groups in total. The number of nitrogens with zero attached hydrogens (tertiary/aromatic N) is 2. The van der Waals surface area contributed by atoms with Gasteiger partial charge in [0.15, 0.2) is 0 Å². The largest absolute Gasteiger partial charge is 0.324 e. The first kappa shape index (κ1) is 19.3. The van der Waals surface area contributed by atoms with Crippen molar-refractivity contribution in [3.8, 4) is 0 Å². The van der Waals surface area contributed by atoms with Gasteiger partial charge in [0.1, 0.15) is 0 Å². The highest BCUT2D eigenvalue weighted by molar-refractivity contribution is 6.07. The number of guanidine groups is 1. The molecule has 0 saturated heterocycles. The summed E-state index contributed by atoms with van der Waals surface area (Å²) in [5, 5.41) is 3.15. The van der Waals surface area contributed by atoms with Gasteiger partial charge < -0.3 is 5.32 Å². The van der Waals surface area contributed by atoms with Crippen LogP contribution in [-0.4, -0.2) is 11.7 Å². The lowest BCUT2D eigenvalue weighted by atomic mass is 10.1. The van der Waals surface area contributed by atoms with Gasteiger partial charge in [-0.1, -0.05) is 56.2 Å². The van der Waals surface area contributed by atoms with Crippen LogP contribution in [0, 0.1) is 0 Å². The van der Waals surface area contributed by atoms with Crippen molar-refractivity contribution in [1.82, 2.24) is 5.32 Å². The van der Waals surface area contributed by atoms with Gasteiger partial charge in [0, 0.05) is 17.6 Å². The molecule has 0 aromatic carbocycles. The Morgan fingerprint density at radius 2 is 1.77 bits per heavy atom. The van der Waals surface area contributed by atoms with Gasteiger partial charge >= 0.3 is 0 Å². The van der Waals surface area contributed by atoms with E-state index >= 15 is 0 Å². The van der Waals surface area contributed by atoms with E-state index in [0.29, 0.717) is 5.96 Å². The molecule has 0 unspecified atom stereocenters. The lowest BCUT2D eigenvalue weighted by Crippen LogP contribution is -2.21. The third-order valence-electron chi connectivity index (χ3n) is 2.53. The summed E-state index contributed by atoms with van der Waals surface area (Å²) in [6, 6.07) is 0. The monoisotopic (exact) mass is 295 g/mol. The fourth-order valence-corrected chi connectivity index (χ4v) is 1.57. The predicted molar refractivity (Wildman–Crippen MR) is 100 cm³/mol. The van der Waals surface area contributed by atoms with Crippen LogP contribution in [0.3, 0.4) is 0 Å². The predicted octanol–water partition coefficient (Wildman–Crippen LogP) is 4.87. The van der Waals surface area contributed by atoms with Gasteiger partial charge in [0.2, 0.25) is 5.96 Å². The average molecular weight is 295 g/mol. The fourth-order valence-electron chi connectivity index (χ4n) is 1.57. The van der Waals surface area contributed by atoms with E-state index < -0.39 is 0 Å². The molecule has 0 saturated carbocycles. The van der Waals surface area contributed by atoms with Gasteiger partial charge in [0.25, 0.3) is 0 Å². The number of hydrogen-bond donors (Lipinski definition) is 1. The molecule has 116 valence electrons. The summed E-state index contributed by atoms with van der Waals surface area (Å²) in [6.07, 6.45) is 16.4. The van der Waals surface area contributed by atoms with Crippen LogP contribution < -0.4 is 5.32 Å². The molecule has 0 amide bonds. The minimum Gasteiger partial charge on any atom is -0.324 e. The Kier molecular flexibility index (Phi) is 10.6. The van der Waals surface area contributed by atoms with Crippen molar-refractivity contribution in [1.29, 1.82) is 0 Å². The minimum absolute atomic E-state index is 0.463. The number of rotatable bonds is 7. The Bertz CT molecular complexity index is 567. The molecule has 0 aliphatic heterocycles. The van der Waals surface area contributed by atoms with E-state index in [9.17, 15) is 0 Å². The Labute approximate surface area is 134 Å². The van der Waals surface area contributed by atoms with Gasteiger partial charge in [-0.05, 0) is 38.5 Å². The first-order chi connectivity index (χ1) is 10.6. The van der Waals surface area contributed by atoms with Crippen molar-refractivity contribution in [2.24, 2.45) is 9.98 Å². The summed E-state index contributed by atoms with van der Waals surface area (Å²) >= 11 is 0. The Morgan fingerprint density at radius 3 is 2.27 bits per heavy atom. The van der Waals surface area contributed by atoms with Gasteiger partial charge in [-0.3, -0.25) is 0 Å². The van der Waals surface area contributed by atoms with Crippen LogP contribution in [0.2, 0.25) is 0 Å². The SMILES string of the molecule is C=C\C=C/C(=C\C)C(/C)=N/C(=N\C=C)NC(/C=C\C)=C/C=C. The summed E-state index contributed by atoms with van der Waals surface area (Å²) < 4.78 is 0. The lowest BCUT2D eigenvalue weighted by Gasteiger charge is -2.08. The minimum atomic E-state index is 0.463. The van der Waals surface area contributed by atoms with E-state index in [1.54, 1.807) is 12.2 Å². The normalized spacial score (nSPS) is 14.5. The van der Waals surface area contributed by atoms with E-state index in [1.165, 1.54) is 6.20 Å². The molecule has 22 heavy (non-hydrogen) atoms. The Balaban J connectivity index is 5.47. The van der Waals surface area contributed by atoms with Gasteiger partial charge in [0.05, 0.1) is 0 Å². The molecule has 0 spiro atoms. The smallest absolute Gasteiger partial charge is 0.227 e. The maximum atomic E-state index is 4.52. The van der Waals surface area contributed by atoms with Crippen molar-refractivity contribution in [2.45, 2.75) is 20.8 Å². The van der Waals surface area contributed by atoms with Crippen molar-refractivity contribution < 1.29 is 0 Å². The number of nitrogens with one attached hydrogen (secondary N) is 1. The van der Waals surface area contributed by atoms with Crippen LogP contribution >= 0.6 is 0 Å². The summed E-state index contributed by atoms with van der Waals surface area (Å²) in [5.74, 6) is 0.463.